The van der Waals surface area contributed by atoms with Crippen molar-refractivity contribution in [2.24, 2.45) is 0 Å². The summed E-state index contributed by atoms with van der Waals surface area (Å²) in [5.74, 6) is -0.391. The van der Waals surface area contributed by atoms with E-state index in [0.29, 0.717) is 17.8 Å². The van der Waals surface area contributed by atoms with E-state index < -0.39 is 11.9 Å². The van der Waals surface area contributed by atoms with Gasteiger partial charge in [0.25, 0.3) is 0 Å². The summed E-state index contributed by atoms with van der Waals surface area (Å²) in [6, 6.07) is 4.78. The lowest BCUT2D eigenvalue weighted by Gasteiger charge is -2.33. The summed E-state index contributed by atoms with van der Waals surface area (Å²) in [6.07, 6.45) is 0.464. The first-order valence-corrected chi connectivity index (χ1v) is 5.99. The van der Waals surface area contributed by atoms with Crippen molar-refractivity contribution in [1.82, 2.24) is 0 Å². The van der Waals surface area contributed by atoms with E-state index in [9.17, 15) is 14.6 Å². The van der Waals surface area contributed by atoms with Crippen LogP contribution in [-0.4, -0.2) is 29.4 Å². The van der Waals surface area contributed by atoms with Gasteiger partial charge >= 0.3 is 0 Å². The predicted molar refractivity (Wildman–Crippen MR) is 64.5 cm³/mol. The monoisotopic (exact) mass is 239 g/mol. The maximum absolute atomic E-state index is 13.7. The van der Waals surface area contributed by atoms with Crippen LogP contribution >= 0.6 is 0 Å². The average molecular weight is 239 g/mol. The molecular formula is C13H18FNO2. The van der Waals surface area contributed by atoms with Gasteiger partial charge in [0.05, 0.1) is 12.2 Å². The quantitative estimate of drug-likeness (QED) is 0.827. The van der Waals surface area contributed by atoms with Crippen LogP contribution in [0.5, 0.6) is 0 Å². The minimum atomic E-state index is -0.842. The standard InChI is InChI=1S/C13H18FNO2/c1-9(16)13-11(14)5-2-6-12(13)15-7-3-4-10(17)8-15/h2,5-6,9-10,16-17H,3-4,7-8H2,1H3/t9-,10?/m1/s1. The first-order valence-electron chi connectivity index (χ1n) is 5.99. The Bertz CT molecular complexity index is 395. The summed E-state index contributed by atoms with van der Waals surface area (Å²) in [7, 11) is 0. The molecule has 1 unspecified atom stereocenters. The fraction of sp³-hybridized carbons (Fsp3) is 0.538. The summed E-state index contributed by atoms with van der Waals surface area (Å²) < 4.78 is 13.7. The molecule has 4 heteroatoms. The van der Waals surface area contributed by atoms with Gasteiger partial charge in [-0.1, -0.05) is 6.07 Å². The maximum atomic E-state index is 13.7. The molecule has 1 aromatic carbocycles. The van der Waals surface area contributed by atoms with Crippen LogP contribution in [0.2, 0.25) is 0 Å². The smallest absolute Gasteiger partial charge is 0.131 e. The highest BCUT2D eigenvalue weighted by atomic mass is 19.1. The molecular weight excluding hydrogens is 221 g/mol. The number of benzene rings is 1. The van der Waals surface area contributed by atoms with Crippen LogP contribution in [-0.2, 0) is 0 Å². The van der Waals surface area contributed by atoms with Crippen LogP contribution in [0.15, 0.2) is 18.2 Å². The van der Waals surface area contributed by atoms with Gasteiger partial charge in [0, 0.05) is 24.3 Å². The second-order valence-electron chi connectivity index (χ2n) is 4.59. The van der Waals surface area contributed by atoms with Gasteiger partial charge in [-0.15, -0.1) is 0 Å². The van der Waals surface area contributed by atoms with E-state index in [4.69, 9.17) is 0 Å². The van der Waals surface area contributed by atoms with Crippen molar-refractivity contribution in [2.75, 3.05) is 18.0 Å². The van der Waals surface area contributed by atoms with Crippen LogP contribution in [0.1, 0.15) is 31.4 Å². The molecule has 0 aromatic heterocycles. The average Bonchev–Trinajstić information content (AvgIpc) is 2.28. The summed E-state index contributed by atoms with van der Waals surface area (Å²) in [6.45, 7) is 2.85. The van der Waals surface area contributed by atoms with Gasteiger partial charge in [-0.05, 0) is 31.9 Å². The maximum Gasteiger partial charge on any atom is 0.131 e. The molecule has 1 fully saturated rings. The van der Waals surface area contributed by atoms with Gasteiger partial charge in [-0.25, -0.2) is 4.39 Å². The minimum Gasteiger partial charge on any atom is -0.391 e. The van der Waals surface area contributed by atoms with E-state index in [2.05, 4.69) is 0 Å². The lowest BCUT2D eigenvalue weighted by Crippen LogP contribution is -2.39. The molecule has 2 atom stereocenters. The van der Waals surface area contributed by atoms with E-state index >= 15 is 0 Å². The Labute approximate surface area is 100 Å². The second kappa shape index (κ2) is 5.02. The molecule has 0 amide bonds. The molecule has 0 aliphatic carbocycles. The zero-order valence-electron chi connectivity index (χ0n) is 9.93. The molecule has 94 valence electrons. The third-order valence-corrected chi connectivity index (χ3v) is 3.18. The van der Waals surface area contributed by atoms with Crippen LogP contribution in [0.25, 0.3) is 0 Å². The molecule has 0 spiro atoms. The number of anilines is 1. The van der Waals surface area contributed by atoms with E-state index in [0.717, 1.165) is 19.4 Å². The Balaban J connectivity index is 2.34. The van der Waals surface area contributed by atoms with Gasteiger partial charge in [-0.2, -0.15) is 0 Å². The summed E-state index contributed by atoms with van der Waals surface area (Å²) >= 11 is 0. The Hall–Kier alpha value is -1.13. The largest absolute Gasteiger partial charge is 0.391 e. The Kier molecular flexibility index (Phi) is 3.64. The second-order valence-corrected chi connectivity index (χ2v) is 4.59. The lowest BCUT2D eigenvalue weighted by atomic mass is 10.0. The molecule has 2 N–H and O–H groups in total. The lowest BCUT2D eigenvalue weighted by molar-refractivity contribution is 0.153. The minimum absolute atomic E-state index is 0.321. The topological polar surface area (TPSA) is 43.7 Å². The predicted octanol–water partition coefficient (Wildman–Crippen LogP) is 1.84. The summed E-state index contributed by atoms with van der Waals surface area (Å²) in [5.41, 5.74) is 1.01. The highest BCUT2D eigenvalue weighted by molar-refractivity contribution is 5.55. The Morgan fingerprint density at radius 2 is 2.24 bits per heavy atom. The summed E-state index contributed by atoms with van der Waals surface area (Å²) in [5, 5.41) is 19.3. The molecule has 17 heavy (non-hydrogen) atoms. The normalized spacial score (nSPS) is 22.6. The van der Waals surface area contributed by atoms with Gasteiger partial charge in [0.1, 0.15) is 5.82 Å². The fourth-order valence-corrected chi connectivity index (χ4v) is 2.39. The zero-order valence-corrected chi connectivity index (χ0v) is 9.93. The number of β-amino-alcohol motifs (C(OH)–C–C–N with tert-alkyl or cyclic N) is 1. The molecule has 0 radical (unpaired) electrons. The molecule has 1 aromatic rings. The number of hydrogen-bond acceptors (Lipinski definition) is 3. The van der Waals surface area contributed by atoms with Gasteiger partial charge in [0.2, 0.25) is 0 Å². The molecule has 1 heterocycles. The molecule has 1 saturated heterocycles. The van der Waals surface area contributed by atoms with Crippen molar-refractivity contribution in [2.45, 2.75) is 32.0 Å². The number of rotatable bonds is 2. The van der Waals surface area contributed by atoms with Crippen molar-refractivity contribution >= 4 is 5.69 Å². The number of hydrogen-bond donors (Lipinski definition) is 2. The highest BCUT2D eigenvalue weighted by Crippen LogP contribution is 2.30. The SMILES string of the molecule is C[C@@H](O)c1c(F)cccc1N1CCCC(O)C1. The van der Waals surface area contributed by atoms with E-state index in [1.165, 1.54) is 6.07 Å². The van der Waals surface area contributed by atoms with E-state index in [-0.39, 0.29) is 6.10 Å². The first-order chi connectivity index (χ1) is 8.09. The van der Waals surface area contributed by atoms with Crippen LogP contribution in [0.3, 0.4) is 0 Å². The van der Waals surface area contributed by atoms with Gasteiger partial charge in [0.15, 0.2) is 0 Å². The Morgan fingerprint density at radius 1 is 1.47 bits per heavy atom. The summed E-state index contributed by atoms with van der Waals surface area (Å²) in [4.78, 5) is 1.94. The Morgan fingerprint density at radius 3 is 2.88 bits per heavy atom. The van der Waals surface area contributed by atoms with Crippen molar-refractivity contribution < 1.29 is 14.6 Å². The molecule has 0 bridgehead atoms. The van der Waals surface area contributed by atoms with E-state index in [1.807, 2.05) is 4.90 Å². The first kappa shape index (κ1) is 12.3. The molecule has 2 rings (SSSR count). The van der Waals surface area contributed by atoms with Crippen LogP contribution in [0, 0.1) is 5.82 Å². The third-order valence-electron chi connectivity index (χ3n) is 3.18. The molecule has 1 aliphatic heterocycles. The number of halogens is 1. The molecule has 1 aliphatic rings. The zero-order chi connectivity index (χ0) is 12.4. The van der Waals surface area contributed by atoms with Crippen LogP contribution < -0.4 is 4.90 Å². The third kappa shape index (κ3) is 2.58. The molecule has 3 nitrogen and oxygen atoms in total. The number of aliphatic hydroxyl groups excluding tert-OH is 2. The highest BCUT2D eigenvalue weighted by Gasteiger charge is 2.23. The van der Waals surface area contributed by atoms with Crippen molar-refractivity contribution in [1.29, 1.82) is 0 Å². The van der Waals surface area contributed by atoms with Crippen molar-refractivity contribution in [3.05, 3.63) is 29.6 Å². The van der Waals surface area contributed by atoms with Crippen LogP contribution in [0.4, 0.5) is 10.1 Å². The number of piperidine rings is 1. The molecule has 0 saturated carbocycles. The van der Waals surface area contributed by atoms with Gasteiger partial charge in [-0.3, -0.25) is 0 Å². The number of aliphatic hydroxyl groups is 2. The fourth-order valence-electron chi connectivity index (χ4n) is 2.39. The van der Waals surface area contributed by atoms with Crippen molar-refractivity contribution in [3.8, 4) is 0 Å². The van der Waals surface area contributed by atoms with E-state index in [1.54, 1.807) is 19.1 Å². The number of nitrogens with zero attached hydrogens (tertiary/aromatic N) is 1. The van der Waals surface area contributed by atoms with Crippen molar-refractivity contribution in [3.63, 3.8) is 0 Å². The van der Waals surface area contributed by atoms with Gasteiger partial charge < -0.3 is 15.1 Å².